The lowest BCUT2D eigenvalue weighted by Crippen LogP contribution is -2.22. The van der Waals surface area contributed by atoms with Crippen LogP contribution in [0.5, 0.6) is 11.5 Å². The number of hydrogen-bond donors (Lipinski definition) is 2. The van der Waals surface area contributed by atoms with Crippen LogP contribution < -0.4 is 0 Å². The Morgan fingerprint density at radius 2 is 0.909 bits per heavy atom. The first-order valence-electron chi connectivity index (χ1n) is 11.7. The molecule has 0 aliphatic heterocycles. The highest BCUT2D eigenvalue weighted by Crippen LogP contribution is 2.52. The zero-order valence-electron chi connectivity index (χ0n) is 20.4. The Morgan fingerprint density at radius 1 is 0.545 bits per heavy atom. The van der Waals surface area contributed by atoms with E-state index < -0.39 is 0 Å². The van der Waals surface area contributed by atoms with Gasteiger partial charge in [0.2, 0.25) is 0 Å². The van der Waals surface area contributed by atoms with Gasteiger partial charge in [0.1, 0.15) is 11.5 Å². The molecule has 0 aromatic heterocycles. The van der Waals surface area contributed by atoms with E-state index in [2.05, 4.69) is 69.3 Å². The van der Waals surface area contributed by atoms with E-state index in [0.717, 1.165) is 0 Å². The van der Waals surface area contributed by atoms with Gasteiger partial charge in [0.05, 0.1) is 0 Å². The van der Waals surface area contributed by atoms with Crippen molar-refractivity contribution >= 4 is 0 Å². The Morgan fingerprint density at radius 3 is 1.30 bits per heavy atom. The van der Waals surface area contributed by atoms with Gasteiger partial charge in [0, 0.05) is 5.41 Å². The van der Waals surface area contributed by atoms with Gasteiger partial charge in [0.15, 0.2) is 0 Å². The first-order valence-corrected chi connectivity index (χ1v) is 11.7. The molecular weight excluding hydrogens is 404 g/mol. The SMILES string of the molecule is CC.CC1(c2ccc(O)cc2)c2ccccc2-c2ccccc21.CCC.Oc1ccccc1. The quantitative estimate of drug-likeness (QED) is 0.311. The van der Waals surface area contributed by atoms with Crippen LogP contribution in [0.25, 0.3) is 11.1 Å². The molecule has 2 nitrogen and oxygen atoms in total. The molecule has 33 heavy (non-hydrogen) atoms. The standard InChI is InChI=1S/C20H16O.C6H6O.C3H8.C2H6/c1-20(14-10-12-15(21)13-11-14)18-8-4-2-6-16(18)17-7-3-5-9-19(17)20;7-6-4-2-1-3-5-6;1-3-2;1-2/h2-13,21H,1H3;1-5,7H;3H2,1-2H3;1-2H3. The summed E-state index contributed by atoms with van der Waals surface area (Å²) >= 11 is 0. The monoisotopic (exact) mass is 440 g/mol. The molecule has 172 valence electrons. The van der Waals surface area contributed by atoms with E-state index in [1.54, 1.807) is 36.4 Å². The Balaban J connectivity index is 0.000000268. The van der Waals surface area contributed by atoms with Crippen LogP contribution in [0.1, 0.15) is 57.7 Å². The summed E-state index contributed by atoms with van der Waals surface area (Å²) in [6.45, 7) is 10.5. The summed E-state index contributed by atoms with van der Waals surface area (Å²) in [6, 6.07) is 33.5. The largest absolute Gasteiger partial charge is 0.508 e. The second kappa shape index (κ2) is 12.5. The fraction of sp³-hybridized carbons (Fsp3) is 0.226. The topological polar surface area (TPSA) is 40.5 Å². The third-order valence-corrected chi connectivity index (χ3v) is 5.42. The number of para-hydroxylation sites is 1. The second-order valence-corrected chi connectivity index (χ2v) is 7.81. The number of rotatable bonds is 1. The molecule has 0 unspecified atom stereocenters. The van der Waals surface area contributed by atoms with Gasteiger partial charge >= 0.3 is 0 Å². The van der Waals surface area contributed by atoms with E-state index in [1.807, 2.05) is 32.0 Å². The summed E-state index contributed by atoms with van der Waals surface area (Å²) < 4.78 is 0. The highest BCUT2D eigenvalue weighted by molar-refractivity contribution is 5.83. The van der Waals surface area contributed by atoms with Crippen molar-refractivity contribution in [2.45, 2.75) is 46.5 Å². The molecule has 0 atom stereocenters. The predicted molar refractivity (Wildman–Crippen MR) is 141 cm³/mol. The minimum absolute atomic E-state index is 0.166. The van der Waals surface area contributed by atoms with Crippen LogP contribution in [0.3, 0.4) is 0 Å². The highest BCUT2D eigenvalue weighted by Gasteiger charge is 2.40. The predicted octanol–water partition coefficient (Wildman–Crippen LogP) is 8.56. The van der Waals surface area contributed by atoms with Gasteiger partial charge in [-0.3, -0.25) is 0 Å². The number of benzene rings is 4. The van der Waals surface area contributed by atoms with Crippen LogP contribution >= 0.6 is 0 Å². The third-order valence-electron chi connectivity index (χ3n) is 5.42. The summed E-state index contributed by atoms with van der Waals surface area (Å²) in [4.78, 5) is 0. The highest BCUT2D eigenvalue weighted by atomic mass is 16.3. The van der Waals surface area contributed by atoms with Gasteiger partial charge < -0.3 is 10.2 Å². The molecule has 0 saturated heterocycles. The zero-order chi connectivity index (χ0) is 24.3. The molecular formula is C31H36O2. The number of aromatic hydroxyl groups is 2. The van der Waals surface area contributed by atoms with Crippen molar-refractivity contribution in [3.8, 4) is 22.6 Å². The lowest BCUT2D eigenvalue weighted by Gasteiger charge is -2.28. The minimum atomic E-state index is -0.166. The van der Waals surface area contributed by atoms with Crippen molar-refractivity contribution in [2.75, 3.05) is 0 Å². The van der Waals surface area contributed by atoms with Gasteiger partial charge in [-0.25, -0.2) is 0 Å². The van der Waals surface area contributed by atoms with Crippen molar-refractivity contribution in [3.05, 3.63) is 120 Å². The Hall–Kier alpha value is -3.52. The molecule has 5 rings (SSSR count). The molecule has 1 aliphatic carbocycles. The smallest absolute Gasteiger partial charge is 0.115 e. The van der Waals surface area contributed by atoms with Crippen molar-refractivity contribution in [1.29, 1.82) is 0 Å². The molecule has 0 saturated carbocycles. The summed E-state index contributed by atoms with van der Waals surface area (Å²) in [5.74, 6) is 0.629. The number of fused-ring (bicyclic) bond motifs is 3. The van der Waals surface area contributed by atoms with Crippen molar-refractivity contribution in [3.63, 3.8) is 0 Å². The van der Waals surface area contributed by atoms with Gasteiger partial charge in [0.25, 0.3) is 0 Å². The minimum Gasteiger partial charge on any atom is -0.508 e. The summed E-state index contributed by atoms with van der Waals surface area (Å²) in [5.41, 5.74) is 6.32. The van der Waals surface area contributed by atoms with Gasteiger partial charge in [-0.15, -0.1) is 0 Å². The number of phenols is 2. The maximum absolute atomic E-state index is 9.57. The number of hydrogen-bond acceptors (Lipinski definition) is 2. The fourth-order valence-corrected chi connectivity index (χ4v) is 3.99. The van der Waals surface area contributed by atoms with E-state index in [1.165, 1.54) is 34.2 Å². The van der Waals surface area contributed by atoms with Gasteiger partial charge in [-0.1, -0.05) is 113 Å². The van der Waals surface area contributed by atoms with Crippen LogP contribution in [0.15, 0.2) is 103 Å². The Kier molecular flexibility index (Phi) is 9.75. The Labute approximate surface area is 199 Å². The fourth-order valence-electron chi connectivity index (χ4n) is 3.99. The molecule has 0 radical (unpaired) electrons. The normalized spacial score (nSPS) is 11.8. The molecule has 0 spiro atoms. The van der Waals surface area contributed by atoms with Crippen molar-refractivity contribution in [1.82, 2.24) is 0 Å². The average molecular weight is 441 g/mol. The summed E-state index contributed by atoms with van der Waals surface area (Å²) in [6.07, 6.45) is 1.25. The van der Waals surface area contributed by atoms with Crippen LogP contribution in [-0.2, 0) is 5.41 Å². The van der Waals surface area contributed by atoms with E-state index in [4.69, 9.17) is 5.11 Å². The summed E-state index contributed by atoms with van der Waals surface area (Å²) in [5, 5.41) is 18.2. The van der Waals surface area contributed by atoms with E-state index in [0.29, 0.717) is 11.5 Å². The van der Waals surface area contributed by atoms with E-state index in [9.17, 15) is 5.11 Å². The molecule has 2 heteroatoms. The molecule has 0 bridgehead atoms. The second-order valence-electron chi connectivity index (χ2n) is 7.81. The summed E-state index contributed by atoms with van der Waals surface area (Å²) in [7, 11) is 0. The maximum Gasteiger partial charge on any atom is 0.115 e. The zero-order valence-corrected chi connectivity index (χ0v) is 20.4. The average Bonchev–Trinajstić information content (AvgIpc) is 3.12. The van der Waals surface area contributed by atoms with Gasteiger partial charge in [-0.2, -0.15) is 0 Å². The first kappa shape index (κ1) is 25.7. The van der Waals surface area contributed by atoms with Crippen LogP contribution in [0.2, 0.25) is 0 Å². The Bertz CT molecular complexity index is 1050. The third kappa shape index (κ3) is 5.84. The first-order chi connectivity index (χ1) is 16.0. The molecule has 0 amide bonds. The van der Waals surface area contributed by atoms with E-state index >= 15 is 0 Å². The molecule has 0 fully saturated rings. The van der Waals surface area contributed by atoms with Crippen molar-refractivity contribution in [2.24, 2.45) is 0 Å². The molecule has 1 aliphatic rings. The lowest BCUT2D eigenvalue weighted by molar-refractivity contribution is 0.474. The lowest BCUT2D eigenvalue weighted by atomic mass is 9.74. The number of phenolic OH excluding ortho intramolecular Hbond substituents is 2. The van der Waals surface area contributed by atoms with Crippen LogP contribution in [0, 0.1) is 0 Å². The van der Waals surface area contributed by atoms with Crippen LogP contribution in [0.4, 0.5) is 0 Å². The molecule has 4 aromatic carbocycles. The molecule has 4 aromatic rings. The van der Waals surface area contributed by atoms with Crippen LogP contribution in [-0.4, -0.2) is 10.2 Å². The molecule has 2 N–H and O–H groups in total. The van der Waals surface area contributed by atoms with Crippen molar-refractivity contribution < 1.29 is 10.2 Å². The van der Waals surface area contributed by atoms with Gasteiger partial charge in [-0.05, 0) is 59.0 Å². The molecule has 0 heterocycles. The maximum atomic E-state index is 9.57. The van der Waals surface area contributed by atoms with E-state index in [-0.39, 0.29) is 5.41 Å².